The summed E-state index contributed by atoms with van der Waals surface area (Å²) in [6.45, 7) is 3.19. The smallest absolute Gasteiger partial charge is 0.151 e. The zero-order chi connectivity index (χ0) is 15.1. The van der Waals surface area contributed by atoms with Crippen molar-refractivity contribution < 1.29 is 14.4 Å². The summed E-state index contributed by atoms with van der Waals surface area (Å²) in [5.74, 6) is 0.758. The van der Waals surface area contributed by atoms with Crippen LogP contribution in [0.5, 0.6) is 0 Å². The average Bonchev–Trinajstić information content (AvgIpc) is 2.96. The zero-order valence-electron chi connectivity index (χ0n) is 12.5. The van der Waals surface area contributed by atoms with Crippen LogP contribution in [0, 0.1) is 0 Å². The molecule has 0 aliphatic heterocycles. The van der Waals surface area contributed by atoms with Crippen LogP contribution in [-0.4, -0.2) is 36.1 Å². The largest absolute Gasteiger partial charge is 0.396 e. The van der Waals surface area contributed by atoms with Crippen molar-refractivity contribution >= 4 is 0 Å². The predicted molar refractivity (Wildman–Crippen MR) is 80.8 cm³/mol. The van der Waals surface area contributed by atoms with E-state index in [1.165, 1.54) is 0 Å². The predicted octanol–water partition coefficient (Wildman–Crippen LogP) is 2.22. The molecule has 0 bridgehead atoms. The van der Waals surface area contributed by atoms with Crippen LogP contribution in [0.1, 0.15) is 19.1 Å². The minimum atomic E-state index is -0.288. The quantitative estimate of drug-likeness (QED) is 0.780. The first-order valence-corrected chi connectivity index (χ1v) is 7.03. The Kier molecular flexibility index (Phi) is 5.50. The van der Waals surface area contributed by atoms with Gasteiger partial charge in [-0.3, -0.25) is 0 Å². The van der Waals surface area contributed by atoms with Gasteiger partial charge in [0, 0.05) is 30.9 Å². The van der Waals surface area contributed by atoms with Gasteiger partial charge in [0.2, 0.25) is 0 Å². The number of methoxy groups -OCH3 is 1. The molecule has 2 rings (SSSR count). The minimum absolute atomic E-state index is 0.110. The third kappa shape index (κ3) is 4.39. The van der Waals surface area contributed by atoms with E-state index in [0.717, 1.165) is 17.0 Å². The SMILES string of the molecule is COCC(C)(CCO)NCc1cc(-c2ccccc2)no1. The third-order valence-electron chi connectivity index (χ3n) is 3.44. The molecule has 0 saturated carbocycles. The molecule has 0 fully saturated rings. The van der Waals surface area contributed by atoms with Gasteiger partial charge in [-0.1, -0.05) is 35.5 Å². The fourth-order valence-electron chi connectivity index (χ4n) is 2.22. The van der Waals surface area contributed by atoms with Crippen molar-refractivity contribution in [3.05, 3.63) is 42.2 Å². The van der Waals surface area contributed by atoms with Gasteiger partial charge in [-0.25, -0.2) is 0 Å². The van der Waals surface area contributed by atoms with Gasteiger partial charge in [0.05, 0.1) is 13.2 Å². The monoisotopic (exact) mass is 290 g/mol. The Bertz CT molecular complexity index is 533. The van der Waals surface area contributed by atoms with Gasteiger partial charge in [0.1, 0.15) is 5.69 Å². The number of ether oxygens (including phenoxy) is 1. The lowest BCUT2D eigenvalue weighted by atomic mass is 9.99. The van der Waals surface area contributed by atoms with Crippen molar-refractivity contribution in [2.45, 2.75) is 25.4 Å². The molecule has 1 heterocycles. The van der Waals surface area contributed by atoms with Crippen LogP contribution < -0.4 is 5.32 Å². The number of rotatable bonds is 8. The van der Waals surface area contributed by atoms with E-state index in [2.05, 4.69) is 10.5 Å². The van der Waals surface area contributed by atoms with Crippen LogP contribution in [0.25, 0.3) is 11.3 Å². The van der Waals surface area contributed by atoms with Crippen LogP contribution in [0.15, 0.2) is 40.9 Å². The molecule has 21 heavy (non-hydrogen) atoms. The van der Waals surface area contributed by atoms with Crippen molar-refractivity contribution in [3.8, 4) is 11.3 Å². The van der Waals surface area contributed by atoms with Crippen molar-refractivity contribution in [2.24, 2.45) is 0 Å². The molecule has 114 valence electrons. The van der Waals surface area contributed by atoms with Gasteiger partial charge in [-0.05, 0) is 13.3 Å². The van der Waals surface area contributed by atoms with Gasteiger partial charge in [-0.2, -0.15) is 0 Å². The molecule has 0 saturated heterocycles. The van der Waals surface area contributed by atoms with E-state index >= 15 is 0 Å². The Morgan fingerprint density at radius 3 is 2.76 bits per heavy atom. The van der Waals surface area contributed by atoms with Crippen LogP contribution in [0.3, 0.4) is 0 Å². The number of aliphatic hydroxyl groups is 1. The van der Waals surface area contributed by atoms with Gasteiger partial charge in [0.15, 0.2) is 5.76 Å². The van der Waals surface area contributed by atoms with Crippen LogP contribution in [0.2, 0.25) is 0 Å². The molecule has 0 aliphatic carbocycles. The molecule has 1 aromatic heterocycles. The number of benzene rings is 1. The highest BCUT2D eigenvalue weighted by atomic mass is 16.5. The summed E-state index contributed by atoms with van der Waals surface area (Å²) in [6.07, 6.45) is 0.612. The van der Waals surface area contributed by atoms with Gasteiger partial charge < -0.3 is 19.7 Å². The molecule has 0 amide bonds. The maximum atomic E-state index is 9.15. The molecule has 1 aromatic carbocycles. The lowest BCUT2D eigenvalue weighted by Gasteiger charge is -2.29. The number of nitrogens with one attached hydrogen (secondary N) is 1. The van der Waals surface area contributed by atoms with E-state index in [1.54, 1.807) is 7.11 Å². The van der Waals surface area contributed by atoms with Crippen molar-refractivity contribution in [1.29, 1.82) is 0 Å². The molecule has 5 heteroatoms. The van der Waals surface area contributed by atoms with E-state index in [4.69, 9.17) is 14.4 Å². The summed E-state index contributed by atoms with van der Waals surface area (Å²) < 4.78 is 10.6. The molecule has 2 N–H and O–H groups in total. The molecule has 1 atom stereocenters. The first-order valence-electron chi connectivity index (χ1n) is 7.03. The maximum Gasteiger partial charge on any atom is 0.151 e. The molecule has 0 radical (unpaired) electrons. The topological polar surface area (TPSA) is 67.5 Å². The lowest BCUT2D eigenvalue weighted by molar-refractivity contribution is 0.0951. The average molecular weight is 290 g/mol. The van der Waals surface area contributed by atoms with Crippen LogP contribution in [0.4, 0.5) is 0 Å². The van der Waals surface area contributed by atoms with E-state index < -0.39 is 0 Å². The molecular formula is C16H22N2O3. The van der Waals surface area contributed by atoms with E-state index in [0.29, 0.717) is 19.6 Å². The van der Waals surface area contributed by atoms with Crippen molar-refractivity contribution in [1.82, 2.24) is 10.5 Å². The Hall–Kier alpha value is -1.69. The van der Waals surface area contributed by atoms with Gasteiger partial charge in [-0.15, -0.1) is 0 Å². The van der Waals surface area contributed by atoms with E-state index in [-0.39, 0.29) is 12.1 Å². The summed E-state index contributed by atoms with van der Waals surface area (Å²) in [5, 5.41) is 16.6. The number of hydrogen-bond acceptors (Lipinski definition) is 5. The molecular weight excluding hydrogens is 268 g/mol. The number of aliphatic hydroxyl groups excluding tert-OH is 1. The molecule has 0 aliphatic rings. The summed E-state index contributed by atoms with van der Waals surface area (Å²) in [5.41, 5.74) is 1.56. The Morgan fingerprint density at radius 2 is 2.10 bits per heavy atom. The summed E-state index contributed by atoms with van der Waals surface area (Å²) in [6, 6.07) is 11.8. The Balaban J connectivity index is 1.99. The summed E-state index contributed by atoms with van der Waals surface area (Å²) in [4.78, 5) is 0. The first kappa shape index (κ1) is 15.7. The second kappa shape index (κ2) is 7.36. The fourth-order valence-corrected chi connectivity index (χ4v) is 2.22. The van der Waals surface area contributed by atoms with E-state index in [9.17, 15) is 0 Å². The highest BCUT2D eigenvalue weighted by Crippen LogP contribution is 2.19. The lowest BCUT2D eigenvalue weighted by Crippen LogP contribution is -2.46. The fraction of sp³-hybridized carbons (Fsp3) is 0.438. The maximum absolute atomic E-state index is 9.15. The number of nitrogens with zero attached hydrogens (tertiary/aromatic N) is 1. The minimum Gasteiger partial charge on any atom is -0.396 e. The van der Waals surface area contributed by atoms with Crippen LogP contribution in [-0.2, 0) is 11.3 Å². The Morgan fingerprint density at radius 1 is 1.33 bits per heavy atom. The molecule has 0 spiro atoms. The first-order chi connectivity index (χ1) is 10.2. The third-order valence-corrected chi connectivity index (χ3v) is 3.44. The molecule has 5 nitrogen and oxygen atoms in total. The van der Waals surface area contributed by atoms with Crippen molar-refractivity contribution in [3.63, 3.8) is 0 Å². The summed E-state index contributed by atoms with van der Waals surface area (Å²) in [7, 11) is 1.65. The highest BCUT2D eigenvalue weighted by molar-refractivity contribution is 5.58. The second-order valence-electron chi connectivity index (χ2n) is 5.37. The molecule has 1 unspecified atom stereocenters. The number of aromatic nitrogens is 1. The van der Waals surface area contributed by atoms with Gasteiger partial charge >= 0.3 is 0 Å². The normalized spacial score (nSPS) is 14.0. The van der Waals surface area contributed by atoms with E-state index in [1.807, 2.05) is 43.3 Å². The highest BCUT2D eigenvalue weighted by Gasteiger charge is 2.23. The van der Waals surface area contributed by atoms with Crippen molar-refractivity contribution in [2.75, 3.05) is 20.3 Å². The standard InChI is InChI=1S/C16H22N2O3/c1-16(8-9-19,12-20-2)17-11-14-10-15(18-21-14)13-6-4-3-5-7-13/h3-7,10,17,19H,8-9,11-12H2,1-2H3. The Labute approximate surface area is 124 Å². The second-order valence-corrected chi connectivity index (χ2v) is 5.37. The summed E-state index contributed by atoms with van der Waals surface area (Å²) >= 11 is 0. The van der Waals surface area contributed by atoms with Crippen LogP contribution >= 0.6 is 0 Å². The molecule has 2 aromatic rings. The number of hydrogen-bond donors (Lipinski definition) is 2. The van der Waals surface area contributed by atoms with Gasteiger partial charge in [0.25, 0.3) is 0 Å². The zero-order valence-corrected chi connectivity index (χ0v) is 12.5.